The molecule has 2 heterocycles. The van der Waals surface area contributed by atoms with Gasteiger partial charge in [-0.3, -0.25) is 4.79 Å². The van der Waals surface area contributed by atoms with Gasteiger partial charge in [0, 0.05) is 31.2 Å². The third kappa shape index (κ3) is 4.79. The van der Waals surface area contributed by atoms with Gasteiger partial charge in [-0.15, -0.1) is 0 Å². The molecule has 3 aliphatic rings. The second-order valence-electron chi connectivity index (χ2n) is 9.49. The Balaban J connectivity index is 1.17. The van der Waals surface area contributed by atoms with Crippen molar-refractivity contribution < 1.29 is 9.53 Å². The van der Waals surface area contributed by atoms with Gasteiger partial charge >= 0.3 is 0 Å². The smallest absolute Gasteiger partial charge is 0.253 e. The van der Waals surface area contributed by atoms with Crippen molar-refractivity contribution in [3.8, 4) is 5.75 Å². The summed E-state index contributed by atoms with van der Waals surface area (Å²) < 4.78 is 6.11. The standard InChI is InChI=1S/C27H34N2O2/c30-27(29-15-3-4-16-29)22-9-7-20(8-10-22)19-31-25-13-11-24-18-28-26(14-12-23(24)17-25)21-5-1-2-6-21/h7-11,13,17,21,26,28H,1-6,12,14-16,18-19H2. The van der Waals surface area contributed by atoms with Crippen molar-refractivity contribution in [1.82, 2.24) is 10.2 Å². The molecule has 1 saturated carbocycles. The fraction of sp³-hybridized carbons (Fsp3) is 0.519. The number of rotatable bonds is 5. The maximum absolute atomic E-state index is 12.5. The summed E-state index contributed by atoms with van der Waals surface area (Å²) in [4.78, 5) is 14.5. The Kier molecular flexibility index (Phi) is 6.26. The van der Waals surface area contributed by atoms with Crippen molar-refractivity contribution in [3.05, 3.63) is 64.7 Å². The highest BCUT2D eigenvalue weighted by Crippen LogP contribution is 2.32. The van der Waals surface area contributed by atoms with Gasteiger partial charge in [-0.1, -0.05) is 31.0 Å². The molecule has 1 saturated heterocycles. The van der Waals surface area contributed by atoms with Crippen LogP contribution < -0.4 is 10.1 Å². The average molecular weight is 419 g/mol. The van der Waals surface area contributed by atoms with E-state index in [-0.39, 0.29) is 5.91 Å². The van der Waals surface area contributed by atoms with Crippen LogP contribution in [0.5, 0.6) is 5.75 Å². The maximum Gasteiger partial charge on any atom is 0.253 e. The van der Waals surface area contributed by atoms with E-state index in [9.17, 15) is 4.79 Å². The molecule has 0 spiro atoms. The largest absolute Gasteiger partial charge is 0.489 e. The molecule has 5 rings (SSSR count). The number of hydrogen-bond donors (Lipinski definition) is 1. The number of carbonyl (C=O) groups excluding carboxylic acids is 1. The van der Waals surface area contributed by atoms with Gasteiger partial charge in [0.2, 0.25) is 0 Å². The molecule has 1 amide bonds. The van der Waals surface area contributed by atoms with Crippen LogP contribution in [0.3, 0.4) is 0 Å². The number of nitrogens with zero attached hydrogens (tertiary/aromatic N) is 1. The van der Waals surface area contributed by atoms with Gasteiger partial charge in [0.15, 0.2) is 0 Å². The zero-order chi connectivity index (χ0) is 21.0. The van der Waals surface area contributed by atoms with Crippen LogP contribution in [0, 0.1) is 5.92 Å². The van der Waals surface area contributed by atoms with E-state index in [4.69, 9.17) is 4.74 Å². The van der Waals surface area contributed by atoms with Gasteiger partial charge in [-0.05, 0) is 85.4 Å². The van der Waals surface area contributed by atoms with E-state index in [0.29, 0.717) is 12.6 Å². The molecule has 1 aliphatic carbocycles. The predicted octanol–water partition coefficient (Wildman–Crippen LogP) is 5.10. The molecule has 1 N–H and O–H groups in total. The second-order valence-corrected chi connectivity index (χ2v) is 9.49. The lowest BCUT2D eigenvalue weighted by Crippen LogP contribution is -2.33. The number of ether oxygens (including phenoxy) is 1. The van der Waals surface area contributed by atoms with E-state index in [2.05, 4.69) is 23.5 Å². The van der Waals surface area contributed by atoms with E-state index < -0.39 is 0 Å². The molecule has 4 heteroatoms. The molecular weight excluding hydrogens is 384 g/mol. The van der Waals surface area contributed by atoms with Gasteiger partial charge in [0.05, 0.1) is 0 Å². The molecule has 0 aromatic heterocycles. The average Bonchev–Trinajstić information content (AvgIpc) is 3.50. The summed E-state index contributed by atoms with van der Waals surface area (Å²) in [7, 11) is 0. The van der Waals surface area contributed by atoms with Crippen LogP contribution in [0.15, 0.2) is 42.5 Å². The molecular formula is C27H34N2O2. The van der Waals surface area contributed by atoms with E-state index in [1.54, 1.807) is 0 Å². The third-order valence-electron chi connectivity index (χ3n) is 7.43. The predicted molar refractivity (Wildman–Crippen MR) is 123 cm³/mol. The highest BCUT2D eigenvalue weighted by atomic mass is 16.5. The Morgan fingerprint density at radius 1 is 0.935 bits per heavy atom. The summed E-state index contributed by atoms with van der Waals surface area (Å²) in [6.45, 7) is 3.28. The molecule has 2 aromatic carbocycles. The lowest BCUT2D eigenvalue weighted by molar-refractivity contribution is 0.0793. The number of hydrogen-bond acceptors (Lipinski definition) is 3. The molecule has 2 fully saturated rings. The van der Waals surface area contributed by atoms with Crippen LogP contribution in [0.2, 0.25) is 0 Å². The number of benzene rings is 2. The van der Waals surface area contributed by atoms with Crippen LogP contribution in [0.1, 0.15) is 72.0 Å². The SMILES string of the molecule is O=C(c1ccc(COc2ccc3c(c2)CCC(C2CCCC2)NC3)cc1)N1CCCC1. The van der Waals surface area contributed by atoms with Gasteiger partial charge in [0.25, 0.3) is 5.91 Å². The van der Waals surface area contributed by atoms with Gasteiger partial charge in [0.1, 0.15) is 12.4 Å². The van der Waals surface area contributed by atoms with Crippen molar-refractivity contribution >= 4 is 5.91 Å². The quantitative estimate of drug-likeness (QED) is 0.735. The van der Waals surface area contributed by atoms with Crippen LogP contribution in [0.25, 0.3) is 0 Å². The summed E-state index contributed by atoms with van der Waals surface area (Å²) in [5.74, 6) is 1.96. The normalized spacial score (nSPS) is 21.7. The number of aryl methyl sites for hydroxylation is 1. The van der Waals surface area contributed by atoms with Crippen LogP contribution >= 0.6 is 0 Å². The number of amides is 1. The summed E-state index contributed by atoms with van der Waals surface area (Å²) >= 11 is 0. The third-order valence-corrected chi connectivity index (χ3v) is 7.43. The number of fused-ring (bicyclic) bond motifs is 1. The Morgan fingerprint density at radius 3 is 2.48 bits per heavy atom. The molecule has 2 aromatic rings. The van der Waals surface area contributed by atoms with Crippen LogP contribution in [-0.4, -0.2) is 29.9 Å². The molecule has 0 radical (unpaired) electrons. The molecule has 1 atom stereocenters. The summed E-state index contributed by atoms with van der Waals surface area (Å²) in [6.07, 6.45) is 10.2. The van der Waals surface area contributed by atoms with Gasteiger partial charge in [-0.25, -0.2) is 0 Å². The molecule has 4 nitrogen and oxygen atoms in total. The molecule has 31 heavy (non-hydrogen) atoms. The first-order valence-electron chi connectivity index (χ1n) is 12.1. The highest BCUT2D eigenvalue weighted by Gasteiger charge is 2.26. The van der Waals surface area contributed by atoms with E-state index in [0.717, 1.165) is 61.7 Å². The van der Waals surface area contributed by atoms with Crippen LogP contribution in [0.4, 0.5) is 0 Å². The van der Waals surface area contributed by atoms with Crippen molar-refractivity contribution in [2.24, 2.45) is 5.92 Å². The number of likely N-dealkylation sites (tertiary alicyclic amines) is 1. The Labute approximate surface area is 186 Å². The highest BCUT2D eigenvalue weighted by molar-refractivity contribution is 5.94. The van der Waals surface area contributed by atoms with Crippen molar-refractivity contribution in [3.63, 3.8) is 0 Å². The minimum atomic E-state index is 0.153. The van der Waals surface area contributed by atoms with Crippen LogP contribution in [-0.2, 0) is 19.6 Å². The first-order valence-corrected chi connectivity index (χ1v) is 12.1. The zero-order valence-corrected chi connectivity index (χ0v) is 18.4. The Hall–Kier alpha value is -2.33. The minimum Gasteiger partial charge on any atom is -0.489 e. The first kappa shape index (κ1) is 20.6. The minimum absolute atomic E-state index is 0.153. The van der Waals surface area contributed by atoms with E-state index >= 15 is 0 Å². The van der Waals surface area contributed by atoms with Gasteiger partial charge < -0.3 is 15.0 Å². The summed E-state index contributed by atoms with van der Waals surface area (Å²) in [5, 5.41) is 3.82. The van der Waals surface area contributed by atoms with Crippen molar-refractivity contribution in [2.45, 2.75) is 70.6 Å². The Morgan fingerprint density at radius 2 is 1.71 bits per heavy atom. The maximum atomic E-state index is 12.5. The second kappa shape index (κ2) is 9.44. The summed E-state index contributed by atoms with van der Waals surface area (Å²) in [6, 6.07) is 15.1. The number of carbonyl (C=O) groups is 1. The van der Waals surface area contributed by atoms with Gasteiger partial charge in [-0.2, -0.15) is 0 Å². The number of nitrogens with one attached hydrogen (secondary N) is 1. The van der Waals surface area contributed by atoms with E-state index in [1.807, 2.05) is 29.2 Å². The fourth-order valence-corrected chi connectivity index (χ4v) is 5.53. The van der Waals surface area contributed by atoms with E-state index in [1.165, 1.54) is 43.2 Å². The molecule has 164 valence electrons. The lowest BCUT2D eigenvalue weighted by Gasteiger charge is -2.22. The topological polar surface area (TPSA) is 41.6 Å². The fourth-order valence-electron chi connectivity index (χ4n) is 5.53. The van der Waals surface area contributed by atoms with Crippen molar-refractivity contribution in [1.29, 1.82) is 0 Å². The lowest BCUT2D eigenvalue weighted by atomic mass is 9.93. The molecule has 0 bridgehead atoms. The Bertz CT molecular complexity index is 896. The first-order chi connectivity index (χ1) is 15.3. The zero-order valence-electron chi connectivity index (χ0n) is 18.4. The molecule has 1 unspecified atom stereocenters. The molecule has 2 aliphatic heterocycles. The summed E-state index contributed by atoms with van der Waals surface area (Å²) in [5.41, 5.74) is 4.71. The van der Waals surface area contributed by atoms with Crippen molar-refractivity contribution in [2.75, 3.05) is 13.1 Å². The monoisotopic (exact) mass is 418 g/mol.